The van der Waals surface area contributed by atoms with Crippen molar-refractivity contribution in [2.24, 2.45) is 5.41 Å². The third kappa shape index (κ3) is 3.29. The first kappa shape index (κ1) is 13.4. The van der Waals surface area contributed by atoms with Crippen LogP contribution in [0.2, 0.25) is 0 Å². The minimum Gasteiger partial charge on any atom is -0.395 e. The minimum atomic E-state index is -0.320. The second-order valence-electron chi connectivity index (χ2n) is 4.55. The average Bonchev–Trinajstić information content (AvgIpc) is 2.12. The van der Waals surface area contributed by atoms with Crippen LogP contribution in [-0.4, -0.2) is 35.1 Å². The normalized spacial score (nSPS) is 11.9. The number of rotatable bonds is 5. The third-order valence-corrected chi connectivity index (χ3v) is 2.69. The first-order valence-electron chi connectivity index (χ1n) is 5.28. The van der Waals surface area contributed by atoms with E-state index in [9.17, 15) is 4.79 Å². The Balaban J connectivity index is 4.59. The molecular formula is C11H23NO2. The molecule has 0 saturated carbocycles. The van der Waals surface area contributed by atoms with Crippen LogP contribution in [0.1, 0.15) is 41.0 Å². The fraction of sp³-hybridized carbons (Fsp3) is 0.909. The van der Waals surface area contributed by atoms with E-state index in [0.717, 1.165) is 6.42 Å². The fourth-order valence-electron chi connectivity index (χ4n) is 1.24. The van der Waals surface area contributed by atoms with Crippen LogP contribution in [-0.2, 0) is 4.79 Å². The van der Waals surface area contributed by atoms with Crippen molar-refractivity contribution < 1.29 is 9.90 Å². The Morgan fingerprint density at radius 3 is 2.21 bits per heavy atom. The average molecular weight is 201 g/mol. The fourth-order valence-corrected chi connectivity index (χ4v) is 1.24. The Kier molecular flexibility index (Phi) is 5.13. The van der Waals surface area contributed by atoms with E-state index in [4.69, 9.17) is 5.11 Å². The maximum atomic E-state index is 12.0. The number of hydrogen-bond donors (Lipinski definition) is 1. The van der Waals surface area contributed by atoms with Crippen LogP contribution in [0.25, 0.3) is 0 Å². The van der Waals surface area contributed by atoms with E-state index in [0.29, 0.717) is 6.54 Å². The smallest absolute Gasteiger partial charge is 0.228 e. The summed E-state index contributed by atoms with van der Waals surface area (Å²) in [7, 11) is 0. The second-order valence-corrected chi connectivity index (χ2v) is 4.55. The molecule has 0 spiro atoms. The highest BCUT2D eigenvalue weighted by Crippen LogP contribution is 2.23. The molecule has 0 bridgehead atoms. The van der Waals surface area contributed by atoms with E-state index < -0.39 is 0 Å². The summed E-state index contributed by atoms with van der Waals surface area (Å²) in [6.07, 6.45) is 0.820. The van der Waals surface area contributed by atoms with E-state index in [-0.39, 0.29) is 24.0 Å². The third-order valence-electron chi connectivity index (χ3n) is 2.69. The van der Waals surface area contributed by atoms with Gasteiger partial charge in [-0.2, -0.15) is 0 Å². The van der Waals surface area contributed by atoms with Crippen LogP contribution in [0.15, 0.2) is 0 Å². The van der Waals surface area contributed by atoms with Gasteiger partial charge in [-0.1, -0.05) is 20.8 Å². The van der Waals surface area contributed by atoms with Gasteiger partial charge in [-0.25, -0.2) is 0 Å². The lowest BCUT2D eigenvalue weighted by atomic mass is 9.88. The van der Waals surface area contributed by atoms with E-state index in [1.165, 1.54) is 0 Å². The molecule has 0 rings (SSSR count). The van der Waals surface area contributed by atoms with Crippen molar-refractivity contribution >= 4 is 5.91 Å². The maximum absolute atomic E-state index is 12.0. The van der Waals surface area contributed by atoms with Crippen molar-refractivity contribution in [3.05, 3.63) is 0 Å². The lowest BCUT2D eigenvalue weighted by molar-refractivity contribution is -0.142. The van der Waals surface area contributed by atoms with Gasteiger partial charge in [-0.3, -0.25) is 4.79 Å². The van der Waals surface area contributed by atoms with Gasteiger partial charge in [0.25, 0.3) is 0 Å². The Morgan fingerprint density at radius 1 is 1.43 bits per heavy atom. The predicted octanol–water partition coefficient (Wildman–Crippen LogP) is 1.65. The number of hydrogen-bond acceptors (Lipinski definition) is 2. The number of nitrogens with zero attached hydrogens (tertiary/aromatic N) is 1. The molecular weight excluding hydrogens is 178 g/mol. The maximum Gasteiger partial charge on any atom is 0.228 e. The van der Waals surface area contributed by atoms with E-state index in [1.807, 2.05) is 34.6 Å². The first-order chi connectivity index (χ1) is 6.36. The summed E-state index contributed by atoms with van der Waals surface area (Å²) in [4.78, 5) is 13.8. The molecule has 0 saturated heterocycles. The van der Waals surface area contributed by atoms with Crippen LogP contribution in [0.3, 0.4) is 0 Å². The van der Waals surface area contributed by atoms with Gasteiger partial charge in [0.15, 0.2) is 0 Å². The molecule has 14 heavy (non-hydrogen) atoms. The van der Waals surface area contributed by atoms with Gasteiger partial charge in [0, 0.05) is 18.0 Å². The number of carbonyl (C=O) groups excluding carboxylic acids is 1. The van der Waals surface area contributed by atoms with E-state index in [2.05, 4.69) is 0 Å². The Bertz CT molecular complexity index is 188. The molecule has 3 heteroatoms. The lowest BCUT2D eigenvalue weighted by Crippen LogP contribution is -2.45. The summed E-state index contributed by atoms with van der Waals surface area (Å²) in [5.74, 6) is 0.129. The molecule has 0 aliphatic heterocycles. The Morgan fingerprint density at radius 2 is 1.93 bits per heavy atom. The molecule has 0 radical (unpaired) electrons. The number of carbonyl (C=O) groups is 1. The molecule has 0 aromatic heterocycles. The number of aliphatic hydroxyl groups excluding tert-OH is 1. The highest BCUT2D eigenvalue weighted by Gasteiger charge is 2.30. The monoisotopic (exact) mass is 201 g/mol. The topological polar surface area (TPSA) is 40.5 Å². The summed E-state index contributed by atoms with van der Waals surface area (Å²) in [6.45, 7) is 10.3. The standard InChI is InChI=1S/C11H23NO2/c1-6-11(4,5)10(14)12(7-8-13)9(2)3/h9,13H,6-8H2,1-5H3. The van der Waals surface area contributed by atoms with Gasteiger partial charge in [0.1, 0.15) is 0 Å². The zero-order valence-corrected chi connectivity index (χ0v) is 10.0. The molecule has 3 nitrogen and oxygen atoms in total. The summed E-state index contributed by atoms with van der Waals surface area (Å²) in [6, 6.07) is 0.153. The van der Waals surface area contributed by atoms with Gasteiger partial charge < -0.3 is 10.0 Å². The van der Waals surface area contributed by atoms with Gasteiger partial charge in [-0.05, 0) is 20.3 Å². The molecule has 0 aromatic carbocycles. The van der Waals surface area contributed by atoms with E-state index in [1.54, 1.807) is 4.90 Å². The SMILES string of the molecule is CCC(C)(C)C(=O)N(CCO)C(C)C. The number of amides is 1. The van der Waals surface area contributed by atoms with Crippen LogP contribution in [0, 0.1) is 5.41 Å². The van der Waals surface area contributed by atoms with Gasteiger partial charge in [0.2, 0.25) is 5.91 Å². The summed E-state index contributed by atoms with van der Waals surface area (Å²) in [5.41, 5.74) is -0.320. The van der Waals surface area contributed by atoms with Crippen LogP contribution in [0.4, 0.5) is 0 Å². The highest BCUT2D eigenvalue weighted by molar-refractivity contribution is 5.82. The molecule has 0 aromatic rings. The van der Waals surface area contributed by atoms with Gasteiger partial charge >= 0.3 is 0 Å². The molecule has 0 heterocycles. The molecule has 0 fully saturated rings. The van der Waals surface area contributed by atoms with Crippen LogP contribution >= 0.6 is 0 Å². The van der Waals surface area contributed by atoms with Crippen molar-refractivity contribution in [1.29, 1.82) is 0 Å². The largest absolute Gasteiger partial charge is 0.395 e. The van der Waals surface area contributed by atoms with Gasteiger partial charge in [0.05, 0.1) is 6.61 Å². The predicted molar refractivity (Wildman–Crippen MR) is 58.0 cm³/mol. The zero-order valence-electron chi connectivity index (χ0n) is 10.0. The van der Waals surface area contributed by atoms with Crippen molar-refractivity contribution in [1.82, 2.24) is 4.90 Å². The summed E-state index contributed by atoms with van der Waals surface area (Å²) in [5, 5.41) is 8.88. The van der Waals surface area contributed by atoms with Crippen molar-refractivity contribution in [3.63, 3.8) is 0 Å². The van der Waals surface area contributed by atoms with Crippen LogP contribution in [0.5, 0.6) is 0 Å². The van der Waals surface area contributed by atoms with E-state index >= 15 is 0 Å². The molecule has 1 N–H and O–H groups in total. The van der Waals surface area contributed by atoms with Crippen molar-refractivity contribution in [3.8, 4) is 0 Å². The number of aliphatic hydroxyl groups is 1. The molecule has 0 aliphatic carbocycles. The lowest BCUT2D eigenvalue weighted by Gasteiger charge is -2.33. The summed E-state index contributed by atoms with van der Waals surface area (Å²) < 4.78 is 0. The quantitative estimate of drug-likeness (QED) is 0.734. The molecule has 0 aliphatic rings. The first-order valence-corrected chi connectivity index (χ1v) is 5.28. The minimum absolute atomic E-state index is 0.0315. The highest BCUT2D eigenvalue weighted by atomic mass is 16.3. The molecule has 0 atom stereocenters. The summed E-state index contributed by atoms with van der Waals surface area (Å²) >= 11 is 0. The molecule has 0 unspecified atom stereocenters. The molecule has 84 valence electrons. The Labute approximate surface area is 87.1 Å². The Hall–Kier alpha value is -0.570. The van der Waals surface area contributed by atoms with Crippen molar-refractivity contribution in [2.75, 3.05) is 13.2 Å². The zero-order chi connectivity index (χ0) is 11.4. The van der Waals surface area contributed by atoms with Gasteiger partial charge in [-0.15, -0.1) is 0 Å². The molecule has 1 amide bonds. The second kappa shape index (κ2) is 5.35. The van der Waals surface area contributed by atoms with Crippen molar-refractivity contribution in [2.45, 2.75) is 47.1 Å². The van der Waals surface area contributed by atoms with Crippen LogP contribution < -0.4 is 0 Å².